The van der Waals surface area contributed by atoms with E-state index in [4.69, 9.17) is 4.74 Å². The minimum absolute atomic E-state index is 0.0755. The topological polar surface area (TPSA) is 119 Å². The van der Waals surface area contributed by atoms with Crippen molar-refractivity contribution in [2.75, 3.05) is 25.0 Å². The Labute approximate surface area is 216 Å². The van der Waals surface area contributed by atoms with Crippen molar-refractivity contribution in [3.63, 3.8) is 0 Å². The van der Waals surface area contributed by atoms with E-state index >= 15 is 0 Å². The van der Waals surface area contributed by atoms with Gasteiger partial charge in [-0.1, -0.05) is 11.3 Å². The normalized spacial score (nSPS) is 16.9. The number of aromatic nitrogens is 2. The first kappa shape index (κ1) is 24.8. The second-order valence-electron chi connectivity index (χ2n) is 8.45. The average molecular weight is 545 g/mol. The van der Waals surface area contributed by atoms with Crippen LogP contribution >= 0.6 is 22.7 Å². The number of ether oxygens (including phenoxy) is 1. The number of thiazole rings is 2. The van der Waals surface area contributed by atoms with Crippen LogP contribution in [0.25, 0.3) is 20.4 Å². The highest BCUT2D eigenvalue weighted by Crippen LogP contribution is 2.36. The molecular formula is C24H24N4O5S3. The fourth-order valence-corrected chi connectivity index (χ4v) is 7.77. The van der Waals surface area contributed by atoms with E-state index in [1.165, 1.54) is 39.9 Å². The number of esters is 1. The molecule has 36 heavy (non-hydrogen) atoms. The highest BCUT2D eigenvalue weighted by Gasteiger charge is 2.34. The van der Waals surface area contributed by atoms with Crippen LogP contribution < -0.4 is 5.32 Å². The van der Waals surface area contributed by atoms with Crippen molar-refractivity contribution in [3.8, 4) is 0 Å². The number of hydrogen-bond acceptors (Lipinski definition) is 9. The molecule has 2 aromatic carbocycles. The van der Waals surface area contributed by atoms with Crippen molar-refractivity contribution < 1.29 is 22.7 Å². The number of sulfonamides is 1. The zero-order chi connectivity index (χ0) is 25.4. The van der Waals surface area contributed by atoms with E-state index in [0.717, 1.165) is 25.4 Å². The lowest BCUT2D eigenvalue weighted by Crippen LogP contribution is -2.42. The molecule has 1 atom stereocenters. The summed E-state index contributed by atoms with van der Waals surface area (Å²) in [4.78, 5) is 34.0. The van der Waals surface area contributed by atoms with Gasteiger partial charge in [-0.2, -0.15) is 4.31 Å². The monoisotopic (exact) mass is 544 g/mol. The molecule has 0 aliphatic carbocycles. The van der Waals surface area contributed by atoms with Crippen LogP contribution in [-0.2, 0) is 19.6 Å². The Balaban J connectivity index is 1.31. The van der Waals surface area contributed by atoms with Gasteiger partial charge in [0.25, 0.3) is 5.91 Å². The van der Waals surface area contributed by atoms with Crippen LogP contribution in [0, 0.1) is 12.8 Å². The summed E-state index contributed by atoms with van der Waals surface area (Å²) < 4.78 is 34.7. The number of nitrogens with zero attached hydrogens (tertiary/aromatic N) is 3. The first-order chi connectivity index (χ1) is 17.3. The first-order valence-corrected chi connectivity index (χ1v) is 14.6. The number of anilines is 1. The molecule has 1 aliphatic rings. The molecule has 0 spiro atoms. The highest BCUT2D eigenvalue weighted by molar-refractivity contribution is 7.89. The predicted octanol–water partition coefficient (Wildman–Crippen LogP) is 4.43. The highest BCUT2D eigenvalue weighted by atomic mass is 32.2. The second kappa shape index (κ2) is 9.85. The van der Waals surface area contributed by atoms with Gasteiger partial charge in [-0.3, -0.25) is 14.9 Å². The molecule has 0 bridgehead atoms. The fourth-order valence-electron chi connectivity index (χ4n) is 4.25. The second-order valence-corrected chi connectivity index (χ2v) is 12.6. The number of carbonyl (C=O) groups excluding carboxylic acids is 2. The lowest BCUT2D eigenvalue weighted by Gasteiger charge is -2.30. The van der Waals surface area contributed by atoms with Gasteiger partial charge in [-0.15, -0.1) is 11.3 Å². The molecule has 3 heterocycles. The lowest BCUT2D eigenvalue weighted by atomic mass is 10.0. The van der Waals surface area contributed by atoms with Gasteiger partial charge >= 0.3 is 5.97 Å². The van der Waals surface area contributed by atoms with Crippen LogP contribution in [0.5, 0.6) is 0 Å². The molecule has 1 aliphatic heterocycles. The number of carbonyl (C=O) groups is 2. The van der Waals surface area contributed by atoms with Crippen molar-refractivity contribution in [1.29, 1.82) is 0 Å². The Hall–Kier alpha value is -2.93. The number of piperidine rings is 1. The van der Waals surface area contributed by atoms with Crippen LogP contribution in [-0.4, -0.2) is 54.3 Å². The molecule has 2 aromatic heterocycles. The summed E-state index contributed by atoms with van der Waals surface area (Å²) in [6.07, 6.45) is 1.18. The first-order valence-electron chi connectivity index (χ1n) is 11.5. The molecule has 0 saturated carbocycles. The van der Waals surface area contributed by atoms with E-state index in [1.807, 2.05) is 19.1 Å². The fraction of sp³-hybridized carbons (Fsp3) is 0.333. The largest absolute Gasteiger partial charge is 0.466 e. The third kappa shape index (κ3) is 4.73. The van der Waals surface area contributed by atoms with E-state index in [-0.39, 0.29) is 29.9 Å². The minimum atomic E-state index is -3.80. The van der Waals surface area contributed by atoms with Crippen molar-refractivity contribution in [1.82, 2.24) is 14.3 Å². The molecule has 0 radical (unpaired) electrons. The maximum atomic E-state index is 13.2. The minimum Gasteiger partial charge on any atom is -0.466 e. The number of aryl methyl sites for hydroxylation is 1. The van der Waals surface area contributed by atoms with E-state index in [1.54, 1.807) is 18.3 Å². The third-order valence-electron chi connectivity index (χ3n) is 6.00. The van der Waals surface area contributed by atoms with Gasteiger partial charge < -0.3 is 4.74 Å². The lowest BCUT2D eigenvalue weighted by molar-refractivity contribution is -0.149. The number of rotatable bonds is 6. The van der Waals surface area contributed by atoms with E-state index in [0.29, 0.717) is 30.1 Å². The van der Waals surface area contributed by atoms with Crippen LogP contribution in [0.4, 0.5) is 5.13 Å². The van der Waals surface area contributed by atoms with Gasteiger partial charge in [0, 0.05) is 18.7 Å². The Morgan fingerprint density at radius 2 is 1.78 bits per heavy atom. The Bertz CT molecular complexity index is 1560. The summed E-state index contributed by atoms with van der Waals surface area (Å²) in [6.45, 7) is 4.37. The van der Waals surface area contributed by atoms with Crippen LogP contribution in [0.3, 0.4) is 0 Å². The zero-order valence-electron chi connectivity index (χ0n) is 19.7. The predicted molar refractivity (Wildman–Crippen MR) is 140 cm³/mol. The van der Waals surface area contributed by atoms with E-state index < -0.39 is 15.9 Å². The van der Waals surface area contributed by atoms with Crippen molar-refractivity contribution in [3.05, 3.63) is 47.0 Å². The van der Waals surface area contributed by atoms with E-state index in [9.17, 15) is 18.0 Å². The number of nitrogens with one attached hydrogen (secondary N) is 1. The Morgan fingerprint density at radius 1 is 1.08 bits per heavy atom. The van der Waals surface area contributed by atoms with Gasteiger partial charge in [0.05, 0.1) is 42.9 Å². The molecule has 1 saturated heterocycles. The molecule has 9 nitrogen and oxygen atoms in total. The third-order valence-corrected chi connectivity index (χ3v) is 10.0. The molecule has 1 unspecified atom stereocenters. The molecule has 1 fully saturated rings. The number of hydrogen-bond donors (Lipinski definition) is 1. The van der Waals surface area contributed by atoms with Gasteiger partial charge in [0.15, 0.2) is 5.13 Å². The van der Waals surface area contributed by atoms with Crippen molar-refractivity contribution in [2.24, 2.45) is 5.92 Å². The van der Waals surface area contributed by atoms with Gasteiger partial charge in [0.1, 0.15) is 0 Å². The van der Waals surface area contributed by atoms with Gasteiger partial charge in [-0.05, 0) is 63.1 Å². The summed E-state index contributed by atoms with van der Waals surface area (Å²) in [7, 11) is -3.80. The molecule has 1 N–H and O–H groups in total. The van der Waals surface area contributed by atoms with Gasteiger partial charge in [0.2, 0.25) is 10.0 Å². The number of amides is 1. The van der Waals surface area contributed by atoms with Crippen LogP contribution in [0.15, 0.2) is 41.3 Å². The molecule has 1 amide bonds. The molecule has 4 aromatic rings. The van der Waals surface area contributed by atoms with Crippen LogP contribution in [0.2, 0.25) is 0 Å². The SMILES string of the molecule is CCOC(=O)C1CCCN(S(=O)(=O)c2ccc(C(=O)Nc3nc4ccc5nc(C)sc5c4s3)cc2)C1. The smallest absolute Gasteiger partial charge is 0.310 e. The summed E-state index contributed by atoms with van der Waals surface area (Å²) >= 11 is 2.97. The van der Waals surface area contributed by atoms with Crippen LogP contribution in [0.1, 0.15) is 35.1 Å². The summed E-state index contributed by atoms with van der Waals surface area (Å²) in [5, 5.41) is 4.24. The maximum Gasteiger partial charge on any atom is 0.310 e. The Morgan fingerprint density at radius 3 is 2.50 bits per heavy atom. The zero-order valence-corrected chi connectivity index (χ0v) is 22.1. The summed E-state index contributed by atoms with van der Waals surface area (Å²) in [5.41, 5.74) is 2.01. The molecular weight excluding hydrogens is 520 g/mol. The number of benzene rings is 2. The summed E-state index contributed by atoms with van der Waals surface area (Å²) in [5.74, 6) is -1.22. The Kier molecular flexibility index (Phi) is 6.77. The molecule has 12 heteroatoms. The standard InChI is InChI=1S/C24H24N4O5S3/c1-3-33-23(30)16-5-4-12-28(13-16)36(31,32)17-8-6-15(7-9-17)22(29)27-24-26-19-11-10-18-20(21(19)35-24)34-14(2)25-18/h6-11,16H,3-5,12-13H2,1-2H3,(H,26,27,29). The average Bonchev–Trinajstić information content (AvgIpc) is 3.46. The van der Waals surface area contributed by atoms with E-state index in [2.05, 4.69) is 15.3 Å². The summed E-state index contributed by atoms with van der Waals surface area (Å²) in [6, 6.07) is 9.60. The van der Waals surface area contributed by atoms with Crippen molar-refractivity contribution >= 4 is 70.1 Å². The molecule has 5 rings (SSSR count). The van der Waals surface area contributed by atoms with Crippen molar-refractivity contribution in [2.45, 2.75) is 31.6 Å². The van der Waals surface area contributed by atoms with Gasteiger partial charge in [-0.25, -0.2) is 18.4 Å². The quantitative estimate of drug-likeness (QED) is 0.357. The molecule has 188 valence electrons. The maximum absolute atomic E-state index is 13.2. The number of fused-ring (bicyclic) bond motifs is 3.